The fourth-order valence-electron chi connectivity index (χ4n) is 3.73. The smallest absolute Gasteiger partial charge is 0.341 e. The third-order valence-corrected chi connectivity index (χ3v) is 4.80. The van der Waals surface area contributed by atoms with E-state index >= 15 is 0 Å². The van der Waals surface area contributed by atoms with Gasteiger partial charge >= 0.3 is 6.03 Å². The van der Waals surface area contributed by atoms with Crippen molar-refractivity contribution in [3.8, 4) is 0 Å². The molecule has 6 heteroatoms. The number of benzene rings is 1. The molecule has 4 rings (SSSR count). The average molecular weight is 348 g/mol. The van der Waals surface area contributed by atoms with E-state index in [0.717, 1.165) is 34.7 Å². The van der Waals surface area contributed by atoms with Gasteiger partial charge in [-0.25, -0.2) is 9.86 Å². The second-order valence-corrected chi connectivity index (χ2v) is 6.18. The SMILES string of the molecule is [2H]C([2H])([2H])N1C[C@@H](NC(=O)N(OC)C([2H])([2H])C([2H])([2H])[2H])C=C2c3cccc4[nH]cc(c34)C[C@H]21. The molecule has 1 aliphatic carbocycles. The second-order valence-electron chi connectivity index (χ2n) is 6.18. The van der Waals surface area contributed by atoms with Crippen LogP contribution in [0.25, 0.3) is 16.5 Å². The number of likely N-dealkylation sites (N-methyl/N-ethyl adjacent to an activating group) is 1. The van der Waals surface area contributed by atoms with Gasteiger partial charge < -0.3 is 10.3 Å². The summed E-state index contributed by atoms with van der Waals surface area (Å²) in [7, 11) is 0.989. The molecule has 2 heterocycles. The highest BCUT2D eigenvalue weighted by Crippen LogP contribution is 2.39. The molecule has 2 atom stereocenters. The molecule has 0 bridgehead atoms. The molecule has 0 fully saturated rings. The van der Waals surface area contributed by atoms with Gasteiger partial charge in [0.05, 0.1) is 15.9 Å². The number of aromatic nitrogens is 1. The molecular formula is C19H24N4O2. The Hall–Kier alpha value is -2.31. The van der Waals surface area contributed by atoms with Gasteiger partial charge in [-0.3, -0.25) is 9.74 Å². The number of rotatable bonds is 3. The number of hydroxylamine groups is 2. The van der Waals surface area contributed by atoms with E-state index in [1.165, 1.54) is 4.90 Å². The van der Waals surface area contributed by atoms with Crippen molar-refractivity contribution >= 4 is 22.5 Å². The van der Waals surface area contributed by atoms with Gasteiger partial charge in [-0.1, -0.05) is 18.2 Å². The summed E-state index contributed by atoms with van der Waals surface area (Å²) in [6.45, 7) is -8.79. The van der Waals surface area contributed by atoms with Crippen molar-refractivity contribution in [3.05, 3.63) is 41.6 Å². The lowest BCUT2D eigenvalue weighted by molar-refractivity contribution is -0.0828. The van der Waals surface area contributed by atoms with Crippen LogP contribution < -0.4 is 5.32 Å². The minimum atomic E-state index is -3.16. The Morgan fingerprint density at radius 3 is 3.32 bits per heavy atom. The molecule has 0 saturated carbocycles. The van der Waals surface area contributed by atoms with Crippen molar-refractivity contribution in [3.63, 3.8) is 0 Å². The average Bonchev–Trinajstić information content (AvgIpc) is 3.11. The van der Waals surface area contributed by atoms with Gasteiger partial charge in [0.25, 0.3) is 0 Å². The molecule has 2 amide bonds. The second kappa shape index (κ2) is 6.20. The largest absolute Gasteiger partial charge is 0.361 e. The van der Waals surface area contributed by atoms with Crippen molar-refractivity contribution in [2.24, 2.45) is 0 Å². The maximum Gasteiger partial charge on any atom is 0.341 e. The summed E-state index contributed by atoms with van der Waals surface area (Å²) in [6, 6.07) is 3.30. The Balaban J connectivity index is 1.71. The van der Waals surface area contributed by atoms with Gasteiger partial charge in [-0.15, -0.1) is 0 Å². The van der Waals surface area contributed by atoms with Crippen LogP contribution in [0.5, 0.6) is 0 Å². The van der Waals surface area contributed by atoms with Crippen LogP contribution in [0, 0.1) is 0 Å². The van der Waals surface area contributed by atoms with Crippen LogP contribution in [0.15, 0.2) is 30.5 Å². The predicted octanol–water partition coefficient (Wildman–Crippen LogP) is 2.38. The zero-order chi connectivity index (χ0) is 24.3. The van der Waals surface area contributed by atoms with Crippen molar-refractivity contribution in [1.29, 1.82) is 0 Å². The summed E-state index contributed by atoms with van der Waals surface area (Å²) in [4.78, 5) is 22.1. The number of urea groups is 1. The standard InChI is InChI=1S/C19H24N4O2/c1-4-23(25-3)19(24)21-13-9-15-14-6-5-7-16-18(14)12(10-20-16)8-17(15)22(2)11-13/h5-7,9-10,13,17,20H,4,8,11H2,1-3H3,(H,21,24)/t13-,17+/m0/s1/i1D3,2D3,4D2. The summed E-state index contributed by atoms with van der Waals surface area (Å²) in [6.07, 6.45) is 4.12. The number of hydrogen-bond donors (Lipinski definition) is 2. The number of carbonyl (C=O) groups is 1. The van der Waals surface area contributed by atoms with Crippen LogP contribution >= 0.6 is 0 Å². The van der Waals surface area contributed by atoms with Gasteiger partial charge in [0, 0.05) is 44.4 Å². The number of hydrogen-bond acceptors (Lipinski definition) is 3. The fourth-order valence-corrected chi connectivity index (χ4v) is 3.73. The molecule has 2 aromatic rings. The molecule has 132 valence electrons. The summed E-state index contributed by atoms with van der Waals surface area (Å²) in [5.74, 6) is 0. The maximum atomic E-state index is 12.8. The van der Waals surface area contributed by atoms with Crippen molar-refractivity contribution in [2.45, 2.75) is 25.4 Å². The summed E-state index contributed by atoms with van der Waals surface area (Å²) in [5.41, 5.74) is 3.53. The first-order chi connectivity index (χ1) is 15.3. The molecule has 0 unspecified atom stereocenters. The van der Waals surface area contributed by atoms with E-state index in [0.29, 0.717) is 6.42 Å². The predicted molar refractivity (Wildman–Crippen MR) is 98.1 cm³/mol. The van der Waals surface area contributed by atoms with Crippen LogP contribution in [-0.4, -0.2) is 60.2 Å². The molecule has 0 radical (unpaired) electrons. The normalized spacial score (nSPS) is 28.8. The number of fused-ring (bicyclic) bond motifs is 2. The van der Waals surface area contributed by atoms with Crippen LogP contribution in [0.4, 0.5) is 4.79 Å². The van der Waals surface area contributed by atoms with Gasteiger partial charge in [0.1, 0.15) is 0 Å². The van der Waals surface area contributed by atoms with E-state index in [1.807, 2.05) is 24.4 Å². The molecule has 2 N–H and O–H groups in total. The first-order valence-corrected chi connectivity index (χ1v) is 7.98. The van der Waals surface area contributed by atoms with Crippen molar-refractivity contribution < 1.29 is 20.6 Å². The number of nitrogens with one attached hydrogen (secondary N) is 2. The molecule has 6 nitrogen and oxygen atoms in total. The fraction of sp³-hybridized carbons (Fsp3) is 0.421. The highest BCUT2D eigenvalue weighted by molar-refractivity contribution is 5.98. The van der Waals surface area contributed by atoms with Crippen LogP contribution in [-0.2, 0) is 11.3 Å². The van der Waals surface area contributed by atoms with Crippen molar-refractivity contribution in [2.75, 3.05) is 27.1 Å². The molecule has 25 heavy (non-hydrogen) atoms. The van der Waals surface area contributed by atoms with Crippen LogP contribution in [0.1, 0.15) is 28.9 Å². The highest BCUT2D eigenvalue weighted by Gasteiger charge is 2.34. The molecular weight excluding hydrogens is 316 g/mol. The van der Waals surface area contributed by atoms with Gasteiger partial charge in [-0.2, -0.15) is 0 Å². The number of H-pyrrole nitrogens is 1. The molecule has 0 saturated heterocycles. The summed E-state index contributed by atoms with van der Waals surface area (Å²) >= 11 is 0. The zero-order valence-electron chi connectivity index (χ0n) is 21.7. The maximum absolute atomic E-state index is 12.8. The lowest BCUT2D eigenvalue weighted by Crippen LogP contribution is -2.52. The Bertz CT molecular complexity index is 1110. The third kappa shape index (κ3) is 2.62. The van der Waals surface area contributed by atoms with E-state index in [1.54, 1.807) is 6.08 Å². The lowest BCUT2D eigenvalue weighted by atomic mass is 9.81. The Morgan fingerprint density at radius 2 is 2.52 bits per heavy atom. The Kier molecular flexibility index (Phi) is 2.33. The van der Waals surface area contributed by atoms with E-state index in [4.69, 9.17) is 15.8 Å². The Labute approximate surface area is 158 Å². The first kappa shape index (κ1) is 9.40. The summed E-state index contributed by atoms with van der Waals surface area (Å²) < 4.78 is 62.0. The number of nitrogens with zero attached hydrogens (tertiary/aromatic N) is 2. The number of amides is 2. The van der Waals surface area contributed by atoms with Gasteiger partial charge in [-0.05, 0) is 43.0 Å². The molecule has 2 aliphatic rings. The number of aromatic amines is 1. The van der Waals surface area contributed by atoms with Crippen molar-refractivity contribution in [1.82, 2.24) is 20.3 Å². The topological polar surface area (TPSA) is 60.6 Å². The van der Waals surface area contributed by atoms with E-state index in [-0.39, 0.29) is 11.6 Å². The minimum absolute atomic E-state index is 0.0690. The van der Waals surface area contributed by atoms with E-state index in [2.05, 4.69) is 10.3 Å². The third-order valence-electron chi connectivity index (χ3n) is 4.80. The monoisotopic (exact) mass is 348 g/mol. The Morgan fingerprint density at radius 1 is 1.60 bits per heavy atom. The molecule has 0 spiro atoms. The van der Waals surface area contributed by atoms with Crippen LogP contribution in [0.3, 0.4) is 0 Å². The minimum Gasteiger partial charge on any atom is -0.361 e. The van der Waals surface area contributed by atoms with Gasteiger partial charge in [0.15, 0.2) is 0 Å². The highest BCUT2D eigenvalue weighted by atomic mass is 16.7. The van der Waals surface area contributed by atoms with E-state index in [9.17, 15) is 4.79 Å². The zero-order valence-corrected chi connectivity index (χ0v) is 13.7. The molecule has 1 aliphatic heterocycles. The molecule has 1 aromatic heterocycles. The number of carbonyl (C=O) groups excluding carboxylic acids is 1. The van der Waals surface area contributed by atoms with Gasteiger partial charge in [0.2, 0.25) is 0 Å². The van der Waals surface area contributed by atoms with E-state index < -0.39 is 38.4 Å². The quantitative estimate of drug-likeness (QED) is 0.837. The van der Waals surface area contributed by atoms with Crippen LogP contribution in [0.2, 0.25) is 0 Å². The lowest BCUT2D eigenvalue weighted by Gasteiger charge is -2.40. The first-order valence-electron chi connectivity index (χ1n) is 12.0. The molecule has 1 aromatic carbocycles. The summed E-state index contributed by atoms with van der Waals surface area (Å²) in [5, 5.41) is 3.65.